The van der Waals surface area contributed by atoms with Crippen LogP contribution in [0.25, 0.3) is 17.1 Å². The van der Waals surface area contributed by atoms with E-state index in [1.165, 1.54) is 0 Å². The van der Waals surface area contributed by atoms with Gasteiger partial charge in [0.2, 0.25) is 0 Å². The second-order valence-corrected chi connectivity index (χ2v) is 10.9. The van der Waals surface area contributed by atoms with Gasteiger partial charge in [0.25, 0.3) is 5.91 Å². The minimum Gasteiger partial charge on any atom is -0.493 e. The van der Waals surface area contributed by atoms with Gasteiger partial charge in [-0.05, 0) is 70.0 Å². The van der Waals surface area contributed by atoms with Gasteiger partial charge in [-0.25, -0.2) is 4.98 Å². The Balaban J connectivity index is 1.71. The number of methoxy groups -OCH3 is 1. The van der Waals surface area contributed by atoms with E-state index in [9.17, 15) is 4.79 Å². The molecule has 0 atom stereocenters. The Morgan fingerprint density at radius 1 is 1.20 bits per heavy atom. The highest BCUT2D eigenvalue weighted by molar-refractivity contribution is 7.08. The predicted molar refractivity (Wildman–Crippen MR) is 137 cm³/mol. The van der Waals surface area contributed by atoms with Gasteiger partial charge in [0, 0.05) is 23.6 Å². The van der Waals surface area contributed by atoms with Crippen molar-refractivity contribution in [2.24, 2.45) is 0 Å². The molecule has 0 saturated carbocycles. The van der Waals surface area contributed by atoms with Gasteiger partial charge < -0.3 is 19.1 Å². The third-order valence-electron chi connectivity index (χ3n) is 6.76. The van der Waals surface area contributed by atoms with E-state index >= 15 is 0 Å². The van der Waals surface area contributed by atoms with E-state index in [4.69, 9.17) is 19.2 Å². The first-order valence-corrected chi connectivity index (χ1v) is 13.1. The molecule has 0 spiro atoms. The normalized spacial score (nSPS) is 16.7. The first-order chi connectivity index (χ1) is 16.7. The molecular formula is C27H33N3O4S. The number of rotatable bonds is 5. The summed E-state index contributed by atoms with van der Waals surface area (Å²) in [5.74, 6) is 2.19. The standard InChI is InChI=1S/C27H33N3O4S/c1-16(2)34-23-12-21-18(11-22(23)32-6)7-8-20-24(26(31)29-9-10-33-15-27(29,4)5)28-25(30(20)21)19-14-35-13-17(19)3/h11-14,16H,7-10,15H2,1-6H3. The van der Waals surface area contributed by atoms with E-state index in [1.807, 2.05) is 38.7 Å². The van der Waals surface area contributed by atoms with Crippen LogP contribution >= 0.6 is 11.3 Å². The third kappa shape index (κ3) is 4.12. The number of morpholine rings is 1. The molecule has 1 fully saturated rings. The topological polar surface area (TPSA) is 65.8 Å². The van der Waals surface area contributed by atoms with Gasteiger partial charge in [-0.3, -0.25) is 9.36 Å². The number of aromatic nitrogens is 2. The summed E-state index contributed by atoms with van der Waals surface area (Å²) in [5, 5.41) is 4.23. The molecule has 2 aliphatic heterocycles. The number of carbonyl (C=O) groups is 1. The molecule has 0 radical (unpaired) electrons. The van der Waals surface area contributed by atoms with Crippen molar-refractivity contribution in [1.82, 2.24) is 14.5 Å². The fourth-order valence-corrected chi connectivity index (χ4v) is 5.83. The van der Waals surface area contributed by atoms with Gasteiger partial charge in [-0.1, -0.05) is 0 Å². The van der Waals surface area contributed by atoms with Crippen molar-refractivity contribution < 1.29 is 19.0 Å². The van der Waals surface area contributed by atoms with Gasteiger partial charge >= 0.3 is 0 Å². The number of amides is 1. The summed E-state index contributed by atoms with van der Waals surface area (Å²) in [6.45, 7) is 11.8. The second-order valence-electron chi connectivity index (χ2n) is 10.2. The summed E-state index contributed by atoms with van der Waals surface area (Å²) in [4.78, 5) is 20.9. The Morgan fingerprint density at radius 2 is 2.00 bits per heavy atom. The zero-order valence-corrected chi connectivity index (χ0v) is 22.1. The highest BCUT2D eigenvalue weighted by Crippen LogP contribution is 2.41. The van der Waals surface area contributed by atoms with Crippen LogP contribution in [0.4, 0.5) is 0 Å². The number of aryl methyl sites for hydroxylation is 2. The van der Waals surface area contributed by atoms with Crippen LogP contribution in [0.2, 0.25) is 0 Å². The first-order valence-electron chi connectivity index (χ1n) is 12.1. The highest BCUT2D eigenvalue weighted by atomic mass is 32.1. The summed E-state index contributed by atoms with van der Waals surface area (Å²) >= 11 is 1.65. The number of hydrogen-bond acceptors (Lipinski definition) is 6. The predicted octanol–water partition coefficient (Wildman–Crippen LogP) is 5.05. The molecule has 0 aliphatic carbocycles. The summed E-state index contributed by atoms with van der Waals surface area (Å²) in [7, 11) is 1.67. The highest BCUT2D eigenvalue weighted by Gasteiger charge is 2.38. The molecule has 1 amide bonds. The quantitative estimate of drug-likeness (QED) is 0.495. The molecule has 186 valence electrons. The minimum atomic E-state index is -0.386. The SMILES string of the molecule is COc1cc2c(cc1OC(C)C)-n1c(-c3cscc3C)nc(C(=O)N3CCOCC3(C)C)c1CC2. The molecule has 4 heterocycles. The lowest BCUT2D eigenvalue weighted by atomic mass is 9.98. The van der Waals surface area contributed by atoms with Gasteiger partial charge in [0.05, 0.1) is 43.3 Å². The van der Waals surface area contributed by atoms with Crippen LogP contribution < -0.4 is 9.47 Å². The molecule has 0 bridgehead atoms. The van der Waals surface area contributed by atoms with E-state index < -0.39 is 0 Å². The van der Waals surface area contributed by atoms with E-state index in [0.717, 1.165) is 52.5 Å². The fraction of sp³-hybridized carbons (Fsp3) is 0.481. The molecule has 35 heavy (non-hydrogen) atoms. The zero-order valence-electron chi connectivity index (χ0n) is 21.3. The Kier molecular flexibility index (Phi) is 6.13. The van der Waals surface area contributed by atoms with Crippen molar-refractivity contribution in [2.75, 3.05) is 26.9 Å². The summed E-state index contributed by atoms with van der Waals surface area (Å²) in [5.41, 5.74) is 5.44. The lowest BCUT2D eigenvalue weighted by Crippen LogP contribution is -2.55. The third-order valence-corrected chi connectivity index (χ3v) is 7.62. The van der Waals surface area contributed by atoms with E-state index in [0.29, 0.717) is 31.2 Å². The van der Waals surface area contributed by atoms with Crippen molar-refractivity contribution in [3.8, 4) is 28.6 Å². The van der Waals surface area contributed by atoms with Crippen LogP contribution in [0, 0.1) is 6.92 Å². The first kappa shape index (κ1) is 23.9. The number of carbonyl (C=O) groups excluding carboxylic acids is 1. The maximum atomic E-state index is 13.9. The van der Waals surface area contributed by atoms with Gasteiger partial charge in [-0.2, -0.15) is 11.3 Å². The van der Waals surface area contributed by atoms with Crippen LogP contribution in [-0.2, 0) is 17.6 Å². The molecular weight excluding hydrogens is 462 g/mol. The summed E-state index contributed by atoms with van der Waals surface area (Å²) < 4.78 is 19.6. The van der Waals surface area contributed by atoms with Crippen molar-refractivity contribution in [1.29, 1.82) is 0 Å². The molecule has 1 saturated heterocycles. The van der Waals surface area contributed by atoms with Crippen LogP contribution in [0.3, 0.4) is 0 Å². The van der Waals surface area contributed by atoms with Gasteiger partial charge in [0.1, 0.15) is 5.82 Å². The van der Waals surface area contributed by atoms with Crippen LogP contribution in [0.15, 0.2) is 22.9 Å². The molecule has 3 aromatic rings. The lowest BCUT2D eigenvalue weighted by Gasteiger charge is -2.41. The Hall–Kier alpha value is -2.84. The largest absolute Gasteiger partial charge is 0.493 e. The molecule has 2 aliphatic rings. The number of ether oxygens (including phenoxy) is 3. The number of fused-ring (bicyclic) bond motifs is 3. The lowest BCUT2D eigenvalue weighted by molar-refractivity contribution is -0.0373. The number of nitrogens with zero attached hydrogens (tertiary/aromatic N) is 3. The van der Waals surface area contributed by atoms with E-state index in [1.54, 1.807) is 18.4 Å². The number of imidazole rings is 1. The number of thiophene rings is 1. The van der Waals surface area contributed by atoms with Crippen molar-refractivity contribution >= 4 is 17.2 Å². The fourth-order valence-electron chi connectivity index (χ4n) is 5.01. The molecule has 2 aromatic heterocycles. The van der Waals surface area contributed by atoms with Crippen molar-refractivity contribution in [2.45, 2.75) is 59.1 Å². The summed E-state index contributed by atoms with van der Waals surface area (Å²) in [6.07, 6.45) is 1.53. The van der Waals surface area contributed by atoms with Crippen molar-refractivity contribution in [3.63, 3.8) is 0 Å². The Labute approximate surface area is 210 Å². The zero-order chi connectivity index (χ0) is 24.9. The molecule has 5 rings (SSSR count). The molecule has 7 nitrogen and oxygen atoms in total. The smallest absolute Gasteiger partial charge is 0.274 e. The van der Waals surface area contributed by atoms with E-state index in [2.05, 4.69) is 28.3 Å². The Morgan fingerprint density at radius 3 is 2.66 bits per heavy atom. The van der Waals surface area contributed by atoms with Crippen LogP contribution in [0.5, 0.6) is 11.5 Å². The number of benzene rings is 1. The Bertz CT molecular complexity index is 1270. The summed E-state index contributed by atoms with van der Waals surface area (Å²) in [6, 6.07) is 4.10. The monoisotopic (exact) mass is 495 g/mol. The average Bonchev–Trinajstić information content (AvgIpc) is 3.40. The van der Waals surface area contributed by atoms with Gasteiger partial charge in [-0.15, -0.1) is 0 Å². The maximum absolute atomic E-state index is 13.9. The van der Waals surface area contributed by atoms with E-state index in [-0.39, 0.29) is 17.6 Å². The minimum absolute atomic E-state index is 0.00655. The van der Waals surface area contributed by atoms with Crippen LogP contribution in [0.1, 0.15) is 55.0 Å². The van der Waals surface area contributed by atoms with Crippen molar-refractivity contribution in [3.05, 3.63) is 45.4 Å². The maximum Gasteiger partial charge on any atom is 0.274 e. The molecule has 1 aromatic carbocycles. The average molecular weight is 496 g/mol. The molecule has 8 heteroatoms. The second kappa shape index (κ2) is 8.99. The number of hydrogen-bond donors (Lipinski definition) is 0. The molecule has 0 unspecified atom stereocenters. The molecule has 0 N–H and O–H groups in total. The van der Waals surface area contributed by atoms with Crippen LogP contribution in [-0.4, -0.2) is 58.9 Å². The van der Waals surface area contributed by atoms with Gasteiger partial charge in [0.15, 0.2) is 17.2 Å².